The molecular formula is C25H31N7O4. The highest BCUT2D eigenvalue weighted by Crippen LogP contribution is 2.32. The van der Waals surface area contributed by atoms with E-state index < -0.39 is 29.7 Å². The molecule has 3 aliphatic heterocycles. The Morgan fingerprint density at radius 3 is 2.64 bits per heavy atom. The van der Waals surface area contributed by atoms with Crippen LogP contribution in [0.1, 0.15) is 58.5 Å². The van der Waals surface area contributed by atoms with E-state index in [0.717, 1.165) is 56.0 Å². The summed E-state index contributed by atoms with van der Waals surface area (Å²) in [6.07, 6.45) is 7.14. The van der Waals surface area contributed by atoms with Crippen LogP contribution in [0.15, 0.2) is 30.7 Å². The number of imidazole rings is 1. The topological polar surface area (TPSA) is 143 Å². The molecule has 0 aliphatic carbocycles. The lowest BCUT2D eigenvalue weighted by molar-refractivity contribution is -0.136. The van der Waals surface area contributed by atoms with Crippen LogP contribution in [0.25, 0.3) is 0 Å². The highest BCUT2D eigenvalue weighted by molar-refractivity contribution is 6.25. The normalized spacial score (nSPS) is 21.1. The number of benzene rings is 1. The van der Waals surface area contributed by atoms with E-state index in [1.54, 1.807) is 24.5 Å². The monoisotopic (exact) mass is 493 g/mol. The zero-order valence-electron chi connectivity index (χ0n) is 20.1. The lowest BCUT2D eigenvalue weighted by Gasteiger charge is -2.29. The standard InChI is InChI=1S/C25H31N7O4/c26-16-7-11-30(12-8-16)9-2-10-31-14-17(28-15-31)13-27-19-4-1-3-18-22(19)25(36)32(24(18)35)20-5-6-21(33)29-23(20)34/h1,3-4,14-16,20,27H,2,5-13,26H2,(H,29,33,34). The first-order chi connectivity index (χ1) is 17.4. The molecule has 4 N–H and O–H groups in total. The van der Waals surface area contributed by atoms with E-state index in [1.807, 2.05) is 6.20 Å². The SMILES string of the molecule is NC1CCN(CCCn2cnc(CNc3cccc4c3C(=O)N(C3CCC(=O)NC3=O)C4=O)c2)CC1. The van der Waals surface area contributed by atoms with E-state index in [2.05, 4.69) is 25.1 Å². The van der Waals surface area contributed by atoms with Gasteiger partial charge in [0.15, 0.2) is 0 Å². The van der Waals surface area contributed by atoms with Gasteiger partial charge in [-0.05, 0) is 57.5 Å². The van der Waals surface area contributed by atoms with Crippen molar-refractivity contribution >= 4 is 29.3 Å². The summed E-state index contributed by atoms with van der Waals surface area (Å²) < 4.78 is 2.06. The number of rotatable bonds is 8. The Labute approximate surface area is 209 Å². The van der Waals surface area contributed by atoms with Crippen LogP contribution in [0.4, 0.5) is 5.69 Å². The Hall–Kier alpha value is -3.57. The van der Waals surface area contributed by atoms with Gasteiger partial charge in [0.05, 0.1) is 29.7 Å². The van der Waals surface area contributed by atoms with Gasteiger partial charge in [0, 0.05) is 30.9 Å². The molecule has 2 saturated heterocycles. The fourth-order valence-corrected chi connectivity index (χ4v) is 5.12. The number of piperidine rings is 2. The van der Waals surface area contributed by atoms with Crippen LogP contribution in [0.2, 0.25) is 0 Å². The van der Waals surface area contributed by atoms with Gasteiger partial charge in [0.1, 0.15) is 6.04 Å². The van der Waals surface area contributed by atoms with Gasteiger partial charge in [-0.15, -0.1) is 0 Å². The van der Waals surface area contributed by atoms with E-state index in [1.165, 1.54) is 0 Å². The molecule has 1 aromatic carbocycles. The van der Waals surface area contributed by atoms with Gasteiger partial charge < -0.3 is 20.5 Å². The third-order valence-electron chi connectivity index (χ3n) is 7.14. The first kappa shape index (κ1) is 24.1. The number of nitrogens with zero attached hydrogens (tertiary/aromatic N) is 4. The number of nitrogens with two attached hydrogens (primary N) is 1. The molecule has 36 heavy (non-hydrogen) atoms. The minimum atomic E-state index is -0.986. The van der Waals surface area contributed by atoms with Crippen LogP contribution in [-0.4, -0.2) is 74.7 Å². The molecule has 0 saturated carbocycles. The van der Waals surface area contributed by atoms with Crippen molar-refractivity contribution in [1.29, 1.82) is 0 Å². The molecule has 1 aromatic heterocycles. The average Bonchev–Trinajstić information content (AvgIpc) is 3.42. The molecule has 4 amide bonds. The molecule has 0 radical (unpaired) electrons. The predicted octanol–water partition coefficient (Wildman–Crippen LogP) is 0.710. The van der Waals surface area contributed by atoms with Crippen LogP contribution in [0.5, 0.6) is 0 Å². The van der Waals surface area contributed by atoms with E-state index in [9.17, 15) is 19.2 Å². The lowest BCUT2D eigenvalue weighted by Crippen LogP contribution is -2.54. The molecule has 0 spiro atoms. The third-order valence-corrected chi connectivity index (χ3v) is 7.14. The maximum atomic E-state index is 13.2. The Balaban J connectivity index is 1.19. The molecule has 11 heteroatoms. The number of aryl methyl sites for hydroxylation is 1. The number of likely N-dealkylation sites (tertiary alicyclic amines) is 1. The summed E-state index contributed by atoms with van der Waals surface area (Å²) in [7, 11) is 0. The number of amides is 4. The number of carbonyl (C=O) groups excluding carboxylic acids is 4. The van der Waals surface area contributed by atoms with Crippen LogP contribution >= 0.6 is 0 Å². The van der Waals surface area contributed by atoms with Crippen LogP contribution in [0.3, 0.4) is 0 Å². The number of imide groups is 2. The Morgan fingerprint density at radius 1 is 1.06 bits per heavy atom. The van der Waals surface area contributed by atoms with E-state index in [-0.39, 0.29) is 24.0 Å². The molecule has 11 nitrogen and oxygen atoms in total. The van der Waals surface area contributed by atoms with Crippen molar-refractivity contribution in [2.24, 2.45) is 5.73 Å². The van der Waals surface area contributed by atoms with Crippen molar-refractivity contribution in [2.75, 3.05) is 25.0 Å². The lowest BCUT2D eigenvalue weighted by atomic mass is 10.0. The Bertz CT molecular complexity index is 1180. The first-order valence-electron chi connectivity index (χ1n) is 12.5. The molecule has 5 rings (SSSR count). The van der Waals surface area contributed by atoms with Gasteiger partial charge in [-0.25, -0.2) is 4.98 Å². The fourth-order valence-electron chi connectivity index (χ4n) is 5.12. The summed E-state index contributed by atoms with van der Waals surface area (Å²) in [5, 5.41) is 5.44. The third kappa shape index (κ3) is 4.89. The van der Waals surface area contributed by atoms with E-state index in [0.29, 0.717) is 18.3 Å². The molecule has 4 heterocycles. The molecule has 3 aliphatic rings. The Morgan fingerprint density at radius 2 is 1.86 bits per heavy atom. The second-order valence-electron chi connectivity index (χ2n) is 9.66. The molecule has 190 valence electrons. The number of fused-ring (bicyclic) bond motifs is 1. The zero-order valence-corrected chi connectivity index (χ0v) is 20.1. The summed E-state index contributed by atoms with van der Waals surface area (Å²) in [6.45, 7) is 4.40. The minimum Gasteiger partial charge on any atom is -0.379 e. The highest BCUT2D eigenvalue weighted by atomic mass is 16.2. The van der Waals surface area contributed by atoms with Crippen LogP contribution in [-0.2, 0) is 22.7 Å². The van der Waals surface area contributed by atoms with Crippen molar-refractivity contribution in [3.05, 3.63) is 47.5 Å². The number of aromatic nitrogens is 2. The number of anilines is 1. The summed E-state index contributed by atoms with van der Waals surface area (Å²) >= 11 is 0. The molecule has 2 fully saturated rings. The van der Waals surface area contributed by atoms with Crippen molar-refractivity contribution in [3.8, 4) is 0 Å². The molecule has 2 aromatic rings. The highest BCUT2D eigenvalue weighted by Gasteiger charge is 2.45. The quantitative estimate of drug-likeness (QED) is 0.457. The van der Waals surface area contributed by atoms with Gasteiger partial charge >= 0.3 is 0 Å². The second-order valence-corrected chi connectivity index (χ2v) is 9.66. The Kier molecular flexibility index (Phi) is 6.84. The molecule has 0 bridgehead atoms. The number of hydrogen-bond acceptors (Lipinski definition) is 8. The van der Waals surface area contributed by atoms with Gasteiger partial charge in [-0.2, -0.15) is 0 Å². The average molecular weight is 494 g/mol. The maximum Gasteiger partial charge on any atom is 0.264 e. The molecule has 1 atom stereocenters. The summed E-state index contributed by atoms with van der Waals surface area (Å²) in [5.41, 5.74) is 7.80. The maximum absolute atomic E-state index is 13.2. The number of hydrogen-bond donors (Lipinski definition) is 3. The summed E-state index contributed by atoms with van der Waals surface area (Å²) in [6, 6.07) is 4.37. The molecular weight excluding hydrogens is 462 g/mol. The van der Waals surface area contributed by atoms with Crippen LogP contribution in [0, 0.1) is 0 Å². The van der Waals surface area contributed by atoms with Gasteiger partial charge in [0.25, 0.3) is 11.8 Å². The van der Waals surface area contributed by atoms with Gasteiger partial charge in [0.2, 0.25) is 11.8 Å². The molecule has 1 unspecified atom stereocenters. The van der Waals surface area contributed by atoms with Crippen molar-refractivity contribution in [3.63, 3.8) is 0 Å². The van der Waals surface area contributed by atoms with Crippen LogP contribution < -0.4 is 16.4 Å². The van der Waals surface area contributed by atoms with E-state index >= 15 is 0 Å². The summed E-state index contributed by atoms with van der Waals surface area (Å²) in [4.78, 5) is 57.9. The van der Waals surface area contributed by atoms with Gasteiger partial charge in [-0.3, -0.25) is 29.4 Å². The minimum absolute atomic E-state index is 0.0871. The van der Waals surface area contributed by atoms with Crippen molar-refractivity contribution < 1.29 is 19.2 Å². The summed E-state index contributed by atoms with van der Waals surface area (Å²) in [5.74, 6) is -2.07. The number of carbonyl (C=O) groups is 4. The van der Waals surface area contributed by atoms with Gasteiger partial charge in [-0.1, -0.05) is 6.07 Å². The van der Waals surface area contributed by atoms with E-state index in [4.69, 9.17) is 5.73 Å². The van der Waals surface area contributed by atoms with Crippen molar-refractivity contribution in [1.82, 2.24) is 24.7 Å². The zero-order chi connectivity index (χ0) is 25.2. The largest absolute Gasteiger partial charge is 0.379 e. The predicted molar refractivity (Wildman–Crippen MR) is 131 cm³/mol. The number of nitrogens with one attached hydrogen (secondary N) is 2. The first-order valence-corrected chi connectivity index (χ1v) is 12.5. The fraction of sp³-hybridized carbons (Fsp3) is 0.480. The van der Waals surface area contributed by atoms with Crippen molar-refractivity contribution in [2.45, 2.75) is 57.3 Å². The smallest absolute Gasteiger partial charge is 0.264 e. The second kappa shape index (κ2) is 10.2.